The van der Waals surface area contributed by atoms with Gasteiger partial charge < -0.3 is 19.6 Å². The van der Waals surface area contributed by atoms with Crippen molar-refractivity contribution in [2.24, 2.45) is 0 Å². The van der Waals surface area contributed by atoms with Crippen LogP contribution in [0.15, 0.2) is 413 Å². The summed E-state index contributed by atoms with van der Waals surface area (Å²) in [6, 6.07) is 130. The van der Waals surface area contributed by atoms with E-state index < -0.39 is 78.8 Å². The van der Waals surface area contributed by atoms with Crippen LogP contribution in [0.4, 0.5) is 103 Å². The van der Waals surface area contributed by atoms with Gasteiger partial charge in [-0.2, -0.15) is 0 Å². The molecule has 24 aromatic rings. The van der Waals surface area contributed by atoms with E-state index in [0.717, 1.165) is 108 Å². The van der Waals surface area contributed by atoms with Crippen molar-refractivity contribution in [2.45, 2.75) is 78.6 Å². The molecule has 0 saturated heterocycles. The number of rotatable bonds is 20. The topological polar surface area (TPSA) is 13.0 Å². The zero-order chi connectivity index (χ0) is 102. The Labute approximate surface area is 859 Å². The molecule has 0 N–H and O–H groups in total. The Hall–Kier alpha value is -16.1. The van der Waals surface area contributed by atoms with Crippen LogP contribution in [0.2, 0.25) is 78.6 Å². The number of fused-ring (bicyclic) bond motifs is 4. The minimum absolute atomic E-state index is 0.0698. The van der Waals surface area contributed by atoms with Crippen LogP contribution in [0, 0.1) is 46.5 Å². The highest BCUT2D eigenvalue weighted by atomic mass is 28.3. The van der Waals surface area contributed by atoms with Crippen molar-refractivity contribution in [1.82, 2.24) is 0 Å². The molecule has 148 heavy (non-hydrogen) atoms. The number of halogens is 8. The minimum Gasteiger partial charge on any atom is -0.307 e. The number of nitrogens with zero attached hydrogens (tertiary/aromatic N) is 4. The molecule has 0 aliphatic carbocycles. The molecule has 0 saturated carbocycles. The van der Waals surface area contributed by atoms with Gasteiger partial charge in [0.1, 0.15) is 46.5 Å². The predicted octanol–water partition coefficient (Wildman–Crippen LogP) is 37.6. The lowest BCUT2D eigenvalue weighted by molar-refractivity contribution is 0.604. The molecule has 0 aliphatic rings. The standard InChI is InChI=1S/2C66H52F4N2Si2/c1-73(2,3)47-29-25-45(26-30-47)71(63-39-57(67)55(37-59(63)69)51-19-11-15-41-13-7-9-17-49(41)51)61-35-23-43-22-34-54-62(36-24-44-21-33-53(61)65(43)66(44)54)72(46-27-31-48(32-28-46)74(4,5)6)64-40-58(68)56(38-60(64)70)52-20-12-16-42-14-8-10-18-50(42)52;1-73(2,3)51-27-23-49(24-28-51)71(63-39-57(67)55(37-59(63)69)47-17-15-41-11-7-9-13-45(41)35-47)61-33-21-43-20-32-54-62(34-22-44-19-31-53(61)65(43)66(44)54)72(50-25-29-52(30-26-50)74(4,5)6)64-40-58(68)56(38-60(64)70)48-18-16-42-12-8-10-14-46(42)36-48/h2*7-40H,1-6H3. The molecule has 724 valence electrons. The van der Waals surface area contributed by atoms with Crippen LogP contribution >= 0.6 is 0 Å². The van der Waals surface area contributed by atoms with Crippen molar-refractivity contribution in [3.05, 3.63) is 459 Å². The third-order valence-corrected chi connectivity index (χ3v) is 37.8. The van der Waals surface area contributed by atoms with E-state index in [0.29, 0.717) is 67.8 Å². The third-order valence-electron chi connectivity index (χ3n) is 29.6. The summed E-state index contributed by atoms with van der Waals surface area (Å²) in [5.41, 5.74) is 8.72. The summed E-state index contributed by atoms with van der Waals surface area (Å²) >= 11 is 0. The third kappa shape index (κ3) is 17.2. The Morgan fingerprint density at radius 2 is 0.372 bits per heavy atom. The molecule has 4 nitrogen and oxygen atoms in total. The second-order valence-corrected chi connectivity index (χ2v) is 63.3. The van der Waals surface area contributed by atoms with Crippen LogP contribution in [0.5, 0.6) is 0 Å². The number of anilines is 12. The van der Waals surface area contributed by atoms with Gasteiger partial charge in [0.15, 0.2) is 0 Å². The minimum atomic E-state index is -1.73. The average Bonchev–Trinajstić information content (AvgIpc) is 0.717. The van der Waals surface area contributed by atoms with Crippen molar-refractivity contribution >= 4 is 229 Å². The van der Waals surface area contributed by atoms with Gasteiger partial charge in [0.05, 0.1) is 77.8 Å². The SMILES string of the molecule is C[Si](C)(C)c1ccc(N(c2cc(F)c(-c3ccc4ccccc4c3)cc2F)c2ccc3ccc4c(N(c5ccc([Si](C)(C)C)cc5)c5cc(F)c(-c6ccc7ccccc7c6)cc5F)ccc5ccc2c3c54)cc1.C[Si](C)(C)c1ccc(N(c2cc(F)c(-c3cccc4ccccc34)cc2F)c2ccc3ccc4c(N(c5ccc([Si](C)(C)C)cc5)c5cc(F)c(-c6cccc7ccccc67)cc5F)ccc5ccc2c3c54)cc1. The van der Waals surface area contributed by atoms with E-state index in [9.17, 15) is 0 Å². The fourth-order valence-electron chi connectivity index (χ4n) is 21.7. The van der Waals surface area contributed by atoms with Crippen molar-refractivity contribution in [2.75, 3.05) is 19.6 Å². The molecule has 0 atom stereocenters. The fraction of sp³-hybridized carbons (Fsp3) is 0.0909. The highest BCUT2D eigenvalue weighted by Crippen LogP contribution is 2.54. The number of hydrogen-bond donors (Lipinski definition) is 0. The average molecular weight is 2010 g/mol. The van der Waals surface area contributed by atoms with Gasteiger partial charge in [0.2, 0.25) is 0 Å². The van der Waals surface area contributed by atoms with E-state index in [1.165, 1.54) is 69.3 Å². The molecule has 0 aliphatic heterocycles. The van der Waals surface area contributed by atoms with Crippen molar-refractivity contribution < 1.29 is 35.1 Å². The molecular formula is C132H104F8N4Si4. The Bertz CT molecular complexity index is 8850. The number of hydrogen-bond acceptors (Lipinski definition) is 4. The molecule has 24 rings (SSSR count). The first-order valence-corrected chi connectivity index (χ1v) is 64.2. The fourth-order valence-corrected chi connectivity index (χ4v) is 26.4. The molecular weight excluding hydrogens is 1910 g/mol. The smallest absolute Gasteiger partial charge is 0.148 e. The van der Waals surface area contributed by atoms with Gasteiger partial charge in [0.25, 0.3) is 0 Å². The summed E-state index contributed by atoms with van der Waals surface area (Å²) in [6.45, 7) is 27.4. The van der Waals surface area contributed by atoms with Gasteiger partial charge in [-0.15, -0.1) is 0 Å². The summed E-state index contributed by atoms with van der Waals surface area (Å²) in [6.07, 6.45) is 0. The Kier molecular flexibility index (Phi) is 23.9. The lowest BCUT2D eigenvalue weighted by atomic mass is 9.91. The largest absolute Gasteiger partial charge is 0.307 e. The van der Waals surface area contributed by atoms with Crippen LogP contribution in [0.25, 0.3) is 152 Å². The summed E-state index contributed by atoms with van der Waals surface area (Å²) in [5.74, 6) is -4.49. The first kappa shape index (κ1) is 95.4. The van der Waals surface area contributed by atoms with Gasteiger partial charge in [-0.1, -0.05) is 378 Å². The first-order chi connectivity index (χ1) is 71.2. The van der Waals surface area contributed by atoms with E-state index in [4.69, 9.17) is 0 Å². The molecule has 0 radical (unpaired) electrons. The van der Waals surface area contributed by atoms with Crippen LogP contribution < -0.4 is 40.3 Å². The Balaban J connectivity index is 0.000000163. The molecule has 0 fully saturated rings. The zero-order valence-corrected chi connectivity index (χ0v) is 88.1. The maximum atomic E-state index is 17.3. The quantitative estimate of drug-likeness (QED) is 0.0428. The number of benzene rings is 24. The summed E-state index contributed by atoms with van der Waals surface area (Å²) in [7, 11) is -6.93. The molecule has 16 heteroatoms. The lowest BCUT2D eigenvalue weighted by Gasteiger charge is -2.30. The maximum Gasteiger partial charge on any atom is 0.148 e. The van der Waals surface area contributed by atoms with Crippen LogP contribution in [-0.4, -0.2) is 32.3 Å². The second-order valence-electron chi connectivity index (χ2n) is 43.0. The van der Waals surface area contributed by atoms with E-state index >= 15 is 35.1 Å². The Morgan fingerprint density at radius 3 is 0.642 bits per heavy atom. The van der Waals surface area contributed by atoms with Gasteiger partial charge in [-0.05, 0) is 218 Å². The normalized spacial score (nSPS) is 12.2. The molecule has 0 aromatic heterocycles. The van der Waals surface area contributed by atoms with Gasteiger partial charge in [-0.25, -0.2) is 35.1 Å². The second kappa shape index (κ2) is 37.1. The monoisotopic (exact) mass is 2010 g/mol. The predicted molar refractivity (Wildman–Crippen MR) is 622 cm³/mol. The highest BCUT2D eigenvalue weighted by molar-refractivity contribution is 6.90. The van der Waals surface area contributed by atoms with E-state index in [1.54, 1.807) is 0 Å². The van der Waals surface area contributed by atoms with Gasteiger partial charge in [-0.3, -0.25) is 0 Å². The molecule has 0 amide bonds. The van der Waals surface area contributed by atoms with E-state index in [-0.39, 0.29) is 45.0 Å². The van der Waals surface area contributed by atoms with E-state index in [2.05, 4.69) is 163 Å². The van der Waals surface area contributed by atoms with Crippen LogP contribution in [0.1, 0.15) is 0 Å². The Morgan fingerprint density at radius 1 is 0.149 bits per heavy atom. The molecule has 0 unspecified atom stereocenters. The summed E-state index contributed by atoms with van der Waals surface area (Å²) in [4.78, 5) is 7.30. The zero-order valence-electron chi connectivity index (χ0n) is 84.1. The molecule has 0 bridgehead atoms. The molecule has 0 spiro atoms. The first-order valence-electron chi connectivity index (χ1n) is 50.2. The highest BCUT2D eigenvalue weighted by Gasteiger charge is 2.34. The summed E-state index contributed by atoms with van der Waals surface area (Å²) < 4.78 is 137. The summed E-state index contributed by atoms with van der Waals surface area (Å²) in [5, 5.41) is 23.0. The van der Waals surface area contributed by atoms with E-state index in [1.807, 2.05) is 299 Å². The van der Waals surface area contributed by atoms with Crippen LogP contribution in [-0.2, 0) is 0 Å². The van der Waals surface area contributed by atoms with Crippen LogP contribution in [0.3, 0.4) is 0 Å². The maximum absolute atomic E-state index is 17.3. The van der Waals surface area contributed by atoms with Gasteiger partial charge >= 0.3 is 0 Å². The lowest BCUT2D eigenvalue weighted by Crippen LogP contribution is -2.37. The van der Waals surface area contributed by atoms with Crippen molar-refractivity contribution in [3.63, 3.8) is 0 Å². The van der Waals surface area contributed by atoms with Crippen molar-refractivity contribution in [3.8, 4) is 44.5 Å². The molecule has 24 aromatic carbocycles. The molecule has 0 heterocycles. The van der Waals surface area contributed by atoms with Crippen molar-refractivity contribution in [1.29, 1.82) is 0 Å². The van der Waals surface area contributed by atoms with Gasteiger partial charge in [0, 0.05) is 90.8 Å².